The molecular formula is C12H8ClFIN3OS. The Morgan fingerprint density at radius 3 is 2.95 bits per heavy atom. The van der Waals surface area contributed by atoms with Gasteiger partial charge in [-0.15, -0.1) is 11.6 Å². The average molecular weight is 424 g/mol. The lowest BCUT2D eigenvalue weighted by Gasteiger charge is -2.06. The maximum absolute atomic E-state index is 13.7. The van der Waals surface area contributed by atoms with Gasteiger partial charge < -0.3 is 9.55 Å². The van der Waals surface area contributed by atoms with E-state index in [4.69, 9.17) is 11.6 Å². The molecule has 0 aliphatic rings. The van der Waals surface area contributed by atoms with Crippen LogP contribution in [0.4, 0.5) is 4.39 Å². The molecule has 0 spiro atoms. The van der Waals surface area contributed by atoms with Gasteiger partial charge in [0.25, 0.3) is 0 Å². The highest BCUT2D eigenvalue weighted by atomic mass is 127. The van der Waals surface area contributed by atoms with Gasteiger partial charge in [-0.2, -0.15) is 0 Å². The third kappa shape index (κ3) is 2.49. The highest BCUT2D eigenvalue weighted by Crippen LogP contribution is 2.23. The summed E-state index contributed by atoms with van der Waals surface area (Å²) in [6.07, 6.45) is 0. The number of nitrogens with zero attached hydrogens (tertiary/aromatic N) is 2. The predicted molar refractivity (Wildman–Crippen MR) is 86.0 cm³/mol. The first-order valence-corrected chi connectivity index (χ1v) is 8.14. The van der Waals surface area contributed by atoms with Crippen molar-refractivity contribution in [2.45, 2.75) is 12.4 Å². The number of nitrogens with one attached hydrogen (secondary N) is 1. The Bertz CT molecular complexity index is 841. The van der Waals surface area contributed by atoms with Crippen LogP contribution in [0.25, 0.3) is 11.0 Å². The van der Waals surface area contributed by atoms with E-state index in [1.165, 1.54) is 6.07 Å². The molecule has 0 saturated heterocycles. The van der Waals surface area contributed by atoms with Crippen molar-refractivity contribution in [2.24, 2.45) is 0 Å². The number of thiazole rings is 1. The van der Waals surface area contributed by atoms with E-state index in [1.807, 2.05) is 27.2 Å². The first-order chi connectivity index (χ1) is 9.58. The Labute approximate surface area is 135 Å². The molecule has 0 atom stereocenters. The first kappa shape index (κ1) is 14.0. The second-order valence-corrected chi connectivity index (χ2v) is 6.45. The van der Waals surface area contributed by atoms with Crippen molar-refractivity contribution in [1.29, 1.82) is 0 Å². The van der Waals surface area contributed by atoms with Crippen LogP contribution < -0.4 is 4.87 Å². The van der Waals surface area contributed by atoms with E-state index in [-0.39, 0.29) is 16.6 Å². The lowest BCUT2D eigenvalue weighted by atomic mass is 10.3. The molecule has 2 heterocycles. The summed E-state index contributed by atoms with van der Waals surface area (Å²) in [6, 6.07) is 3.14. The Balaban J connectivity index is 2.16. The summed E-state index contributed by atoms with van der Waals surface area (Å²) < 4.78 is 16.1. The largest absolute Gasteiger partial charge is 0.321 e. The summed E-state index contributed by atoms with van der Waals surface area (Å²) in [4.78, 5) is 18.2. The van der Waals surface area contributed by atoms with E-state index < -0.39 is 0 Å². The summed E-state index contributed by atoms with van der Waals surface area (Å²) in [5.74, 6) is 0.579. The standard InChI is InChI=1S/C12H8ClFIN3OS/c13-3-11-17-9-2-8(15)7(14)1-10(9)18(11)4-6-5-20-12(19)16-6/h1-2,5H,3-4H2,(H,16,19). The Kier molecular flexibility index (Phi) is 3.83. The molecule has 3 rings (SSSR count). The fourth-order valence-electron chi connectivity index (χ4n) is 2.01. The van der Waals surface area contributed by atoms with Crippen molar-refractivity contribution < 1.29 is 4.39 Å². The average Bonchev–Trinajstić information content (AvgIpc) is 2.96. The molecule has 0 bridgehead atoms. The number of alkyl halides is 1. The van der Waals surface area contributed by atoms with Gasteiger partial charge in [-0.1, -0.05) is 11.3 Å². The zero-order valence-electron chi connectivity index (χ0n) is 9.99. The van der Waals surface area contributed by atoms with Gasteiger partial charge in [0.1, 0.15) is 11.6 Å². The quantitative estimate of drug-likeness (QED) is 0.519. The number of rotatable bonds is 3. The van der Waals surface area contributed by atoms with Crippen molar-refractivity contribution in [3.05, 3.63) is 48.1 Å². The van der Waals surface area contributed by atoms with Crippen molar-refractivity contribution in [3.8, 4) is 0 Å². The molecular weight excluding hydrogens is 416 g/mol. The molecule has 0 aliphatic carbocycles. The summed E-state index contributed by atoms with van der Waals surface area (Å²) in [5.41, 5.74) is 2.12. The lowest BCUT2D eigenvalue weighted by Crippen LogP contribution is -2.06. The first-order valence-electron chi connectivity index (χ1n) is 5.65. The van der Waals surface area contributed by atoms with E-state index in [2.05, 4.69) is 9.97 Å². The topological polar surface area (TPSA) is 50.7 Å². The number of benzene rings is 1. The number of hydrogen-bond acceptors (Lipinski definition) is 3. The van der Waals surface area contributed by atoms with E-state index in [1.54, 1.807) is 11.4 Å². The predicted octanol–water partition coefficient (Wildman–Crippen LogP) is 3.32. The minimum absolute atomic E-state index is 0.113. The zero-order chi connectivity index (χ0) is 14.3. The van der Waals surface area contributed by atoms with E-state index >= 15 is 0 Å². The van der Waals surface area contributed by atoms with E-state index in [0.717, 1.165) is 17.0 Å². The van der Waals surface area contributed by atoms with Gasteiger partial charge in [0.05, 0.1) is 27.0 Å². The monoisotopic (exact) mass is 423 g/mol. The molecule has 0 saturated carbocycles. The molecule has 0 radical (unpaired) electrons. The van der Waals surface area contributed by atoms with Crippen LogP contribution in [0.3, 0.4) is 0 Å². The maximum atomic E-state index is 13.7. The fourth-order valence-corrected chi connectivity index (χ4v) is 3.24. The van der Waals surface area contributed by atoms with Crippen LogP contribution in [0.15, 0.2) is 22.3 Å². The van der Waals surface area contributed by atoms with Crippen LogP contribution in [0, 0.1) is 9.39 Å². The summed E-state index contributed by atoms with van der Waals surface area (Å²) in [7, 11) is 0. The molecule has 0 aliphatic heterocycles. The molecule has 3 aromatic rings. The number of aromatic amines is 1. The second-order valence-electron chi connectivity index (χ2n) is 4.18. The van der Waals surface area contributed by atoms with Gasteiger partial charge in [0.2, 0.25) is 0 Å². The Morgan fingerprint density at radius 2 is 2.30 bits per heavy atom. The maximum Gasteiger partial charge on any atom is 0.304 e. The minimum atomic E-state index is -0.292. The molecule has 1 aromatic carbocycles. The molecule has 0 amide bonds. The molecule has 0 unspecified atom stereocenters. The third-order valence-electron chi connectivity index (χ3n) is 2.89. The Morgan fingerprint density at radius 1 is 1.50 bits per heavy atom. The zero-order valence-corrected chi connectivity index (χ0v) is 13.7. The van der Waals surface area contributed by atoms with Gasteiger partial charge in [0, 0.05) is 17.1 Å². The van der Waals surface area contributed by atoms with Gasteiger partial charge in [-0.05, 0) is 28.7 Å². The SMILES string of the molecule is O=c1[nH]c(Cn2c(CCl)nc3cc(I)c(F)cc32)cs1. The van der Waals surface area contributed by atoms with Crippen molar-refractivity contribution in [3.63, 3.8) is 0 Å². The molecule has 2 aromatic heterocycles. The summed E-state index contributed by atoms with van der Waals surface area (Å²) in [5, 5.41) is 1.75. The number of imidazole rings is 1. The second kappa shape index (κ2) is 5.45. The van der Waals surface area contributed by atoms with Gasteiger partial charge >= 0.3 is 4.87 Å². The molecule has 8 heteroatoms. The normalized spacial score (nSPS) is 11.3. The number of aromatic nitrogens is 3. The summed E-state index contributed by atoms with van der Waals surface area (Å²) >= 11 is 8.93. The van der Waals surface area contributed by atoms with Crippen LogP contribution in [0.2, 0.25) is 0 Å². The van der Waals surface area contributed by atoms with Crippen LogP contribution in [-0.2, 0) is 12.4 Å². The van der Waals surface area contributed by atoms with Crippen LogP contribution in [-0.4, -0.2) is 14.5 Å². The van der Waals surface area contributed by atoms with Crippen LogP contribution in [0.5, 0.6) is 0 Å². The van der Waals surface area contributed by atoms with Gasteiger partial charge in [-0.25, -0.2) is 9.37 Å². The minimum Gasteiger partial charge on any atom is -0.321 e. The van der Waals surface area contributed by atoms with E-state index in [9.17, 15) is 9.18 Å². The van der Waals surface area contributed by atoms with E-state index in [0.29, 0.717) is 27.0 Å². The highest BCUT2D eigenvalue weighted by molar-refractivity contribution is 14.1. The highest BCUT2D eigenvalue weighted by Gasteiger charge is 2.13. The fraction of sp³-hybridized carbons (Fsp3) is 0.167. The molecule has 0 fully saturated rings. The number of fused-ring (bicyclic) bond motifs is 1. The Hall–Kier alpha value is -0.930. The summed E-state index contributed by atoms with van der Waals surface area (Å²) in [6.45, 7) is 0.414. The van der Waals surface area contributed by atoms with Crippen LogP contribution >= 0.6 is 45.5 Å². The smallest absolute Gasteiger partial charge is 0.304 e. The van der Waals surface area contributed by atoms with Gasteiger partial charge in [0.15, 0.2) is 0 Å². The van der Waals surface area contributed by atoms with Crippen molar-refractivity contribution in [1.82, 2.24) is 14.5 Å². The number of hydrogen-bond donors (Lipinski definition) is 1. The van der Waals surface area contributed by atoms with Crippen LogP contribution in [0.1, 0.15) is 11.5 Å². The molecule has 4 nitrogen and oxygen atoms in total. The molecule has 1 N–H and O–H groups in total. The van der Waals surface area contributed by atoms with Gasteiger partial charge in [-0.3, -0.25) is 4.79 Å². The molecule has 104 valence electrons. The van der Waals surface area contributed by atoms with Crippen molar-refractivity contribution in [2.75, 3.05) is 0 Å². The number of halogens is 3. The van der Waals surface area contributed by atoms with Crippen molar-refractivity contribution >= 4 is 56.6 Å². The number of H-pyrrole nitrogens is 1. The lowest BCUT2D eigenvalue weighted by molar-refractivity contribution is 0.621. The third-order valence-corrected chi connectivity index (χ3v) is 4.67. The molecule has 20 heavy (non-hydrogen) atoms.